The van der Waals surface area contributed by atoms with Crippen LogP contribution >= 0.6 is 0 Å². The minimum Gasteiger partial charge on any atom is -0.354 e. The highest BCUT2D eigenvalue weighted by atomic mass is 32.2. The fraction of sp³-hybridized carbons (Fsp3) is 0.440. The molecule has 2 aromatic carbocycles. The second-order valence-corrected chi connectivity index (χ2v) is 10.9. The standard InChI is InChI=1S/C25H33N3O4S/c1-17(2)16-26-24(29)23-9-6-14-28(23)25(30)20-7-5-8-21(15-20)27-33(31,32)22-12-10-19(11-13-22)18(3)4/h5,7-8,10-13,15,17-18,23,27H,6,9,14,16H2,1-4H3,(H,26,29)/t23-/m1/s1. The number of nitrogens with one attached hydrogen (secondary N) is 2. The summed E-state index contributed by atoms with van der Waals surface area (Å²) in [6.07, 6.45) is 1.37. The Hall–Kier alpha value is -2.87. The molecule has 0 aromatic heterocycles. The molecule has 3 rings (SSSR count). The zero-order valence-electron chi connectivity index (χ0n) is 19.7. The fourth-order valence-corrected chi connectivity index (χ4v) is 4.88. The van der Waals surface area contributed by atoms with Crippen LogP contribution in [0.1, 0.15) is 62.4 Å². The molecule has 33 heavy (non-hydrogen) atoms. The first-order valence-electron chi connectivity index (χ1n) is 11.4. The molecular weight excluding hydrogens is 438 g/mol. The summed E-state index contributed by atoms with van der Waals surface area (Å²) in [6, 6.07) is 12.7. The summed E-state index contributed by atoms with van der Waals surface area (Å²) < 4.78 is 28.2. The molecule has 8 heteroatoms. The Bertz CT molecular complexity index is 1090. The number of amides is 2. The van der Waals surface area contributed by atoms with Gasteiger partial charge in [-0.15, -0.1) is 0 Å². The Morgan fingerprint density at radius 1 is 1.06 bits per heavy atom. The van der Waals surface area contributed by atoms with E-state index in [1.807, 2.05) is 27.7 Å². The van der Waals surface area contributed by atoms with Gasteiger partial charge in [0.2, 0.25) is 5.91 Å². The molecule has 7 nitrogen and oxygen atoms in total. The van der Waals surface area contributed by atoms with E-state index >= 15 is 0 Å². The van der Waals surface area contributed by atoms with Crippen LogP contribution in [0.3, 0.4) is 0 Å². The lowest BCUT2D eigenvalue weighted by molar-refractivity contribution is -0.125. The van der Waals surface area contributed by atoms with E-state index in [2.05, 4.69) is 10.0 Å². The minimum absolute atomic E-state index is 0.142. The number of anilines is 1. The zero-order valence-corrected chi connectivity index (χ0v) is 20.5. The van der Waals surface area contributed by atoms with Crippen LogP contribution in [-0.2, 0) is 14.8 Å². The van der Waals surface area contributed by atoms with Gasteiger partial charge in [0.05, 0.1) is 4.90 Å². The molecule has 0 spiro atoms. The second kappa shape index (κ2) is 10.4. The van der Waals surface area contributed by atoms with E-state index < -0.39 is 16.1 Å². The Balaban J connectivity index is 1.74. The first-order valence-corrected chi connectivity index (χ1v) is 12.9. The van der Waals surface area contributed by atoms with Crippen molar-refractivity contribution in [1.29, 1.82) is 0 Å². The highest BCUT2D eigenvalue weighted by Gasteiger charge is 2.34. The van der Waals surface area contributed by atoms with Crippen LogP contribution in [-0.4, -0.2) is 44.3 Å². The van der Waals surface area contributed by atoms with Gasteiger partial charge in [-0.2, -0.15) is 0 Å². The molecule has 1 aliphatic heterocycles. The number of carbonyl (C=O) groups excluding carboxylic acids is 2. The molecule has 2 N–H and O–H groups in total. The third-order valence-corrected chi connectivity index (χ3v) is 7.12. The molecular formula is C25H33N3O4S. The van der Waals surface area contributed by atoms with Crippen LogP contribution in [0.4, 0.5) is 5.69 Å². The van der Waals surface area contributed by atoms with E-state index in [0.29, 0.717) is 42.6 Å². The third-order valence-electron chi connectivity index (χ3n) is 5.72. The molecule has 1 fully saturated rings. The van der Waals surface area contributed by atoms with E-state index in [1.54, 1.807) is 47.4 Å². The average Bonchev–Trinajstić information content (AvgIpc) is 3.27. The fourth-order valence-electron chi connectivity index (χ4n) is 3.83. The molecule has 0 radical (unpaired) electrons. The number of nitrogens with zero attached hydrogens (tertiary/aromatic N) is 1. The summed E-state index contributed by atoms with van der Waals surface area (Å²) in [5.41, 5.74) is 1.70. The third kappa shape index (κ3) is 6.13. The van der Waals surface area contributed by atoms with E-state index in [9.17, 15) is 18.0 Å². The molecule has 1 atom stereocenters. The normalized spacial score (nSPS) is 16.3. The summed E-state index contributed by atoms with van der Waals surface area (Å²) in [5, 5.41) is 2.91. The Kier molecular flexibility index (Phi) is 7.79. The number of hydrogen-bond acceptors (Lipinski definition) is 4. The van der Waals surface area contributed by atoms with Gasteiger partial charge in [0.25, 0.3) is 15.9 Å². The van der Waals surface area contributed by atoms with Crippen LogP contribution in [0.2, 0.25) is 0 Å². The van der Waals surface area contributed by atoms with Crippen molar-refractivity contribution < 1.29 is 18.0 Å². The smallest absolute Gasteiger partial charge is 0.261 e. The number of likely N-dealkylation sites (tertiary alicyclic amines) is 1. The molecule has 0 bridgehead atoms. The number of carbonyl (C=O) groups is 2. The van der Waals surface area contributed by atoms with Crippen LogP contribution < -0.4 is 10.0 Å². The van der Waals surface area contributed by atoms with Gasteiger partial charge in [-0.05, 0) is 60.6 Å². The highest BCUT2D eigenvalue weighted by Crippen LogP contribution is 2.24. The van der Waals surface area contributed by atoms with Crippen molar-refractivity contribution in [1.82, 2.24) is 10.2 Å². The largest absolute Gasteiger partial charge is 0.354 e. The molecule has 2 aromatic rings. The average molecular weight is 472 g/mol. The van der Waals surface area contributed by atoms with Crippen LogP contribution in [0.5, 0.6) is 0 Å². The maximum atomic E-state index is 13.2. The Morgan fingerprint density at radius 2 is 1.76 bits per heavy atom. The van der Waals surface area contributed by atoms with E-state index in [0.717, 1.165) is 12.0 Å². The molecule has 0 unspecified atom stereocenters. The predicted octanol–water partition coefficient (Wildman–Crippen LogP) is 3.99. The second-order valence-electron chi connectivity index (χ2n) is 9.21. The van der Waals surface area contributed by atoms with Gasteiger partial charge in [-0.1, -0.05) is 45.9 Å². The van der Waals surface area contributed by atoms with Crippen LogP contribution in [0, 0.1) is 5.92 Å². The molecule has 1 heterocycles. The summed E-state index contributed by atoms with van der Waals surface area (Å²) in [5.74, 6) is 0.209. The van der Waals surface area contributed by atoms with Gasteiger partial charge in [-0.3, -0.25) is 14.3 Å². The molecule has 2 amide bonds. The maximum Gasteiger partial charge on any atom is 0.261 e. The van der Waals surface area contributed by atoms with E-state index in [-0.39, 0.29) is 16.7 Å². The van der Waals surface area contributed by atoms with Gasteiger partial charge in [0.1, 0.15) is 6.04 Å². The van der Waals surface area contributed by atoms with Gasteiger partial charge >= 0.3 is 0 Å². The molecule has 0 saturated carbocycles. The number of sulfonamides is 1. The van der Waals surface area contributed by atoms with Crippen molar-refractivity contribution in [2.75, 3.05) is 17.8 Å². The molecule has 1 saturated heterocycles. The Labute approximate surface area is 196 Å². The van der Waals surface area contributed by atoms with E-state index in [4.69, 9.17) is 0 Å². The van der Waals surface area contributed by atoms with Crippen molar-refractivity contribution >= 4 is 27.5 Å². The van der Waals surface area contributed by atoms with E-state index in [1.165, 1.54) is 6.07 Å². The Morgan fingerprint density at radius 3 is 2.39 bits per heavy atom. The van der Waals surface area contributed by atoms with Crippen molar-refractivity contribution in [3.05, 3.63) is 59.7 Å². The summed E-state index contributed by atoms with van der Waals surface area (Å²) in [7, 11) is -3.80. The van der Waals surface area contributed by atoms with Crippen molar-refractivity contribution in [3.8, 4) is 0 Å². The maximum absolute atomic E-state index is 13.2. The summed E-state index contributed by atoms with van der Waals surface area (Å²) in [4.78, 5) is 27.5. The minimum atomic E-state index is -3.80. The predicted molar refractivity (Wildman–Crippen MR) is 130 cm³/mol. The summed E-state index contributed by atoms with van der Waals surface area (Å²) in [6.45, 7) is 9.18. The number of hydrogen-bond donors (Lipinski definition) is 2. The van der Waals surface area contributed by atoms with Crippen molar-refractivity contribution in [2.24, 2.45) is 5.92 Å². The lowest BCUT2D eigenvalue weighted by atomic mass is 10.0. The topological polar surface area (TPSA) is 95.6 Å². The highest BCUT2D eigenvalue weighted by molar-refractivity contribution is 7.92. The zero-order chi connectivity index (χ0) is 24.2. The van der Waals surface area contributed by atoms with Crippen LogP contribution in [0.15, 0.2) is 53.4 Å². The summed E-state index contributed by atoms with van der Waals surface area (Å²) >= 11 is 0. The van der Waals surface area contributed by atoms with Gasteiger partial charge in [0.15, 0.2) is 0 Å². The van der Waals surface area contributed by atoms with Crippen LogP contribution in [0.25, 0.3) is 0 Å². The van der Waals surface area contributed by atoms with Crippen molar-refractivity contribution in [2.45, 2.75) is 57.4 Å². The number of rotatable bonds is 8. The first-order chi connectivity index (χ1) is 15.6. The van der Waals surface area contributed by atoms with Gasteiger partial charge in [-0.25, -0.2) is 8.42 Å². The molecule has 178 valence electrons. The van der Waals surface area contributed by atoms with Crippen molar-refractivity contribution in [3.63, 3.8) is 0 Å². The first kappa shape index (κ1) is 24.8. The quantitative estimate of drug-likeness (QED) is 0.609. The lowest BCUT2D eigenvalue weighted by Gasteiger charge is -2.24. The molecule has 1 aliphatic rings. The van der Waals surface area contributed by atoms with Gasteiger partial charge < -0.3 is 10.2 Å². The van der Waals surface area contributed by atoms with Gasteiger partial charge in [0, 0.05) is 24.3 Å². The monoisotopic (exact) mass is 471 g/mol. The number of benzene rings is 2. The molecule has 0 aliphatic carbocycles. The SMILES string of the molecule is CC(C)CNC(=O)[C@H]1CCCN1C(=O)c1cccc(NS(=O)(=O)c2ccc(C(C)C)cc2)c1. The lowest BCUT2D eigenvalue weighted by Crippen LogP contribution is -2.46.